The summed E-state index contributed by atoms with van der Waals surface area (Å²) in [6.45, 7) is 1.68. The van der Waals surface area contributed by atoms with Gasteiger partial charge < -0.3 is 20.5 Å². The largest absolute Gasteiger partial charge is 0.480 e. The summed E-state index contributed by atoms with van der Waals surface area (Å²) in [6, 6.07) is -1.04. The van der Waals surface area contributed by atoms with Crippen LogP contribution in [-0.4, -0.2) is 49.2 Å². The number of carboxylic acid groups (broad SMARTS) is 1. The Labute approximate surface area is 111 Å². The number of ether oxygens (including phenoxy) is 1. The van der Waals surface area contributed by atoms with Gasteiger partial charge in [0, 0.05) is 12.8 Å². The van der Waals surface area contributed by atoms with E-state index in [-0.39, 0.29) is 24.7 Å². The Kier molecular flexibility index (Phi) is 6.27. The molecule has 108 valence electrons. The van der Waals surface area contributed by atoms with Crippen LogP contribution in [0.1, 0.15) is 25.7 Å². The Bertz CT molecular complexity index is 339. The summed E-state index contributed by atoms with van der Waals surface area (Å²) in [5.74, 6) is -1.65. The SMILES string of the molecule is COC(=O)CC[C@@H](NC(=O)CC1CCNC1)C(=O)O. The molecule has 1 rings (SSSR count). The van der Waals surface area contributed by atoms with E-state index in [4.69, 9.17) is 5.11 Å². The molecule has 7 heteroatoms. The van der Waals surface area contributed by atoms with Crippen LogP contribution >= 0.6 is 0 Å². The van der Waals surface area contributed by atoms with Crippen LogP contribution in [0.5, 0.6) is 0 Å². The molecule has 2 atom stereocenters. The van der Waals surface area contributed by atoms with Crippen LogP contribution in [0.2, 0.25) is 0 Å². The van der Waals surface area contributed by atoms with Crippen LogP contribution in [0.25, 0.3) is 0 Å². The van der Waals surface area contributed by atoms with Crippen LogP contribution in [-0.2, 0) is 19.1 Å². The number of esters is 1. The Morgan fingerprint density at radius 3 is 2.74 bits per heavy atom. The van der Waals surface area contributed by atoms with Crippen molar-refractivity contribution in [3.05, 3.63) is 0 Å². The van der Waals surface area contributed by atoms with Crippen molar-refractivity contribution in [3.63, 3.8) is 0 Å². The first-order valence-corrected chi connectivity index (χ1v) is 6.32. The second kappa shape index (κ2) is 7.73. The Morgan fingerprint density at radius 1 is 1.47 bits per heavy atom. The maximum atomic E-state index is 11.7. The molecule has 0 aromatic rings. The van der Waals surface area contributed by atoms with E-state index in [1.54, 1.807) is 0 Å². The third-order valence-electron chi connectivity index (χ3n) is 3.13. The van der Waals surface area contributed by atoms with E-state index < -0.39 is 18.0 Å². The summed E-state index contributed by atoms with van der Waals surface area (Å²) in [5.41, 5.74) is 0. The van der Waals surface area contributed by atoms with Gasteiger partial charge >= 0.3 is 11.9 Å². The third-order valence-corrected chi connectivity index (χ3v) is 3.13. The molecule has 1 aliphatic rings. The zero-order valence-corrected chi connectivity index (χ0v) is 11.0. The minimum absolute atomic E-state index is 0.0290. The minimum atomic E-state index is -1.14. The average molecular weight is 272 g/mol. The molecule has 0 radical (unpaired) electrons. The first-order valence-electron chi connectivity index (χ1n) is 6.32. The maximum absolute atomic E-state index is 11.7. The molecule has 7 nitrogen and oxygen atoms in total. The summed E-state index contributed by atoms with van der Waals surface area (Å²) in [7, 11) is 1.24. The van der Waals surface area contributed by atoms with Gasteiger partial charge in [-0.2, -0.15) is 0 Å². The van der Waals surface area contributed by atoms with Gasteiger partial charge in [0.2, 0.25) is 5.91 Å². The van der Waals surface area contributed by atoms with Crippen LogP contribution in [0, 0.1) is 5.92 Å². The molecule has 1 aliphatic heterocycles. The third kappa shape index (κ3) is 5.69. The van der Waals surface area contributed by atoms with Gasteiger partial charge in [-0.05, 0) is 31.8 Å². The highest BCUT2D eigenvalue weighted by Gasteiger charge is 2.24. The molecule has 0 bridgehead atoms. The first kappa shape index (κ1) is 15.4. The number of rotatable bonds is 7. The van der Waals surface area contributed by atoms with Gasteiger partial charge in [0.05, 0.1) is 7.11 Å². The van der Waals surface area contributed by atoms with Crippen molar-refractivity contribution in [1.82, 2.24) is 10.6 Å². The number of hydrogen-bond acceptors (Lipinski definition) is 5. The van der Waals surface area contributed by atoms with Gasteiger partial charge in [-0.3, -0.25) is 9.59 Å². The fourth-order valence-corrected chi connectivity index (χ4v) is 2.03. The van der Waals surface area contributed by atoms with Crippen molar-refractivity contribution in [2.45, 2.75) is 31.7 Å². The molecule has 1 saturated heterocycles. The molecule has 1 heterocycles. The van der Waals surface area contributed by atoms with E-state index in [9.17, 15) is 14.4 Å². The second-order valence-electron chi connectivity index (χ2n) is 4.64. The van der Waals surface area contributed by atoms with Crippen LogP contribution in [0.15, 0.2) is 0 Å². The topological polar surface area (TPSA) is 105 Å². The van der Waals surface area contributed by atoms with E-state index >= 15 is 0 Å². The van der Waals surface area contributed by atoms with Crippen LogP contribution < -0.4 is 10.6 Å². The van der Waals surface area contributed by atoms with E-state index in [0.29, 0.717) is 6.42 Å². The Morgan fingerprint density at radius 2 is 2.21 bits per heavy atom. The molecule has 1 amide bonds. The van der Waals surface area contributed by atoms with Gasteiger partial charge in [-0.1, -0.05) is 0 Å². The molecular formula is C12H20N2O5. The highest BCUT2D eigenvalue weighted by atomic mass is 16.5. The first-order chi connectivity index (χ1) is 9.02. The number of nitrogens with one attached hydrogen (secondary N) is 2. The molecule has 0 saturated carbocycles. The highest BCUT2D eigenvalue weighted by molar-refractivity contribution is 5.84. The number of carboxylic acids is 1. The standard InChI is InChI=1S/C12H20N2O5/c1-19-11(16)3-2-9(12(17)18)14-10(15)6-8-4-5-13-7-8/h8-9,13H,2-7H2,1H3,(H,14,15)(H,17,18)/t8?,9-/m1/s1. The minimum Gasteiger partial charge on any atom is -0.480 e. The van der Waals surface area contributed by atoms with E-state index in [2.05, 4.69) is 15.4 Å². The predicted octanol–water partition coefficient (Wildman–Crippen LogP) is -0.491. The van der Waals surface area contributed by atoms with Gasteiger partial charge in [0.15, 0.2) is 0 Å². The quantitative estimate of drug-likeness (QED) is 0.540. The zero-order valence-electron chi connectivity index (χ0n) is 11.0. The molecule has 3 N–H and O–H groups in total. The summed E-state index contributed by atoms with van der Waals surface area (Å²) >= 11 is 0. The summed E-state index contributed by atoms with van der Waals surface area (Å²) in [4.78, 5) is 33.7. The lowest BCUT2D eigenvalue weighted by atomic mass is 10.0. The summed E-state index contributed by atoms with van der Waals surface area (Å²) < 4.78 is 4.44. The molecule has 0 aromatic carbocycles. The second-order valence-corrected chi connectivity index (χ2v) is 4.64. The molecule has 0 spiro atoms. The Hall–Kier alpha value is -1.63. The Balaban J connectivity index is 2.36. The van der Waals surface area contributed by atoms with Gasteiger partial charge in [0.25, 0.3) is 0 Å². The lowest BCUT2D eigenvalue weighted by Gasteiger charge is -2.15. The molecular weight excluding hydrogens is 252 g/mol. The normalized spacial score (nSPS) is 19.7. The fraction of sp³-hybridized carbons (Fsp3) is 0.750. The van der Waals surface area contributed by atoms with E-state index in [0.717, 1.165) is 19.5 Å². The number of methoxy groups -OCH3 is 1. The monoisotopic (exact) mass is 272 g/mol. The zero-order chi connectivity index (χ0) is 14.3. The van der Waals surface area contributed by atoms with Crippen molar-refractivity contribution >= 4 is 17.8 Å². The molecule has 1 fully saturated rings. The average Bonchev–Trinajstić information content (AvgIpc) is 2.86. The fourth-order valence-electron chi connectivity index (χ4n) is 2.03. The highest BCUT2D eigenvalue weighted by Crippen LogP contribution is 2.12. The number of hydrogen-bond donors (Lipinski definition) is 3. The number of amides is 1. The lowest BCUT2D eigenvalue weighted by molar-refractivity contribution is -0.144. The van der Waals surface area contributed by atoms with Gasteiger partial charge in [-0.25, -0.2) is 4.79 Å². The van der Waals surface area contributed by atoms with Crippen molar-refractivity contribution in [1.29, 1.82) is 0 Å². The summed E-state index contributed by atoms with van der Waals surface area (Å²) in [6.07, 6.45) is 1.25. The molecule has 19 heavy (non-hydrogen) atoms. The van der Waals surface area contributed by atoms with Crippen molar-refractivity contribution in [3.8, 4) is 0 Å². The van der Waals surface area contributed by atoms with Crippen molar-refractivity contribution in [2.24, 2.45) is 5.92 Å². The van der Waals surface area contributed by atoms with Gasteiger partial charge in [-0.15, -0.1) is 0 Å². The molecule has 0 aliphatic carbocycles. The smallest absolute Gasteiger partial charge is 0.326 e. The number of carbonyl (C=O) groups is 3. The van der Waals surface area contributed by atoms with Crippen molar-refractivity contribution < 1.29 is 24.2 Å². The maximum Gasteiger partial charge on any atom is 0.326 e. The van der Waals surface area contributed by atoms with Crippen LogP contribution in [0.3, 0.4) is 0 Å². The van der Waals surface area contributed by atoms with Gasteiger partial charge in [0.1, 0.15) is 6.04 Å². The van der Waals surface area contributed by atoms with E-state index in [1.807, 2.05) is 0 Å². The van der Waals surface area contributed by atoms with Crippen LogP contribution in [0.4, 0.5) is 0 Å². The number of carbonyl (C=O) groups excluding carboxylic acids is 2. The van der Waals surface area contributed by atoms with E-state index in [1.165, 1.54) is 7.11 Å². The van der Waals surface area contributed by atoms with Crippen molar-refractivity contribution in [2.75, 3.05) is 20.2 Å². The molecule has 1 unspecified atom stereocenters. The molecule has 0 aromatic heterocycles. The number of aliphatic carboxylic acids is 1. The summed E-state index contributed by atoms with van der Waals surface area (Å²) in [5, 5.41) is 14.6. The lowest BCUT2D eigenvalue weighted by Crippen LogP contribution is -2.41. The predicted molar refractivity (Wildman–Crippen MR) is 66.4 cm³/mol.